The highest BCUT2D eigenvalue weighted by Crippen LogP contribution is 2.16. The molecule has 0 atom stereocenters. The highest BCUT2D eigenvalue weighted by Gasteiger charge is 2.01. The number of benzene rings is 1. The Morgan fingerprint density at radius 3 is 2.47 bits per heavy atom. The van der Waals surface area contributed by atoms with Crippen molar-refractivity contribution in [1.82, 2.24) is 9.78 Å². The van der Waals surface area contributed by atoms with Gasteiger partial charge in [0.05, 0.1) is 11.9 Å². The summed E-state index contributed by atoms with van der Waals surface area (Å²) in [4.78, 5) is 0. The summed E-state index contributed by atoms with van der Waals surface area (Å²) in [6.45, 7) is 0.776. The van der Waals surface area contributed by atoms with Gasteiger partial charge in [-0.05, 0) is 65.5 Å². The minimum Gasteiger partial charge on any atom is -0.330 e. The molecule has 0 aliphatic heterocycles. The minimum absolute atomic E-state index is 0.776. The Morgan fingerprint density at radius 1 is 1.12 bits per heavy atom. The van der Waals surface area contributed by atoms with Crippen LogP contribution < -0.4 is 5.73 Å². The van der Waals surface area contributed by atoms with E-state index in [2.05, 4.69) is 45.3 Å². The van der Waals surface area contributed by atoms with Gasteiger partial charge in [-0.2, -0.15) is 5.10 Å². The van der Waals surface area contributed by atoms with Crippen molar-refractivity contribution in [1.29, 1.82) is 0 Å². The van der Waals surface area contributed by atoms with Gasteiger partial charge in [0.25, 0.3) is 0 Å². The number of unbranched alkanes of at least 4 members (excludes halogenated alkanes) is 1. The summed E-state index contributed by atoms with van der Waals surface area (Å²) in [6.07, 6.45) is 5.12. The standard InChI is InChI=1S/C13H16BrN3/c14-13-8-10-16-17(13)12-6-4-11(5-7-12)3-1-2-9-15/h4-8,10H,1-3,9,15H2. The maximum atomic E-state index is 5.48. The maximum absolute atomic E-state index is 5.48. The molecule has 1 heterocycles. The zero-order chi connectivity index (χ0) is 12.1. The summed E-state index contributed by atoms with van der Waals surface area (Å²) in [5.41, 5.74) is 7.91. The van der Waals surface area contributed by atoms with Crippen LogP contribution >= 0.6 is 15.9 Å². The third-order valence-electron chi connectivity index (χ3n) is 2.70. The van der Waals surface area contributed by atoms with Gasteiger partial charge in [-0.3, -0.25) is 0 Å². The normalized spacial score (nSPS) is 10.7. The van der Waals surface area contributed by atoms with Crippen molar-refractivity contribution < 1.29 is 0 Å². The molecule has 2 N–H and O–H groups in total. The number of halogens is 1. The lowest BCUT2D eigenvalue weighted by molar-refractivity contribution is 0.744. The van der Waals surface area contributed by atoms with Crippen LogP contribution in [0.1, 0.15) is 18.4 Å². The van der Waals surface area contributed by atoms with E-state index in [1.54, 1.807) is 6.20 Å². The average Bonchev–Trinajstić information content (AvgIpc) is 2.77. The van der Waals surface area contributed by atoms with Crippen LogP contribution in [0.3, 0.4) is 0 Å². The second-order valence-corrected chi connectivity index (χ2v) is 4.79. The molecule has 0 saturated carbocycles. The van der Waals surface area contributed by atoms with Crippen LogP contribution in [-0.2, 0) is 6.42 Å². The molecule has 17 heavy (non-hydrogen) atoms. The van der Waals surface area contributed by atoms with E-state index in [0.29, 0.717) is 0 Å². The number of nitrogens with zero attached hydrogens (tertiary/aromatic N) is 2. The van der Waals surface area contributed by atoms with Crippen LogP contribution in [0.15, 0.2) is 41.1 Å². The maximum Gasteiger partial charge on any atom is 0.109 e. The third-order valence-corrected chi connectivity index (χ3v) is 3.30. The number of aromatic nitrogens is 2. The molecule has 0 unspecified atom stereocenters. The van der Waals surface area contributed by atoms with Crippen LogP contribution in [0.5, 0.6) is 0 Å². The van der Waals surface area contributed by atoms with Gasteiger partial charge in [-0.15, -0.1) is 0 Å². The topological polar surface area (TPSA) is 43.8 Å². The monoisotopic (exact) mass is 293 g/mol. The molecule has 0 aliphatic carbocycles. The van der Waals surface area contributed by atoms with Gasteiger partial charge in [0.15, 0.2) is 0 Å². The van der Waals surface area contributed by atoms with Gasteiger partial charge >= 0.3 is 0 Å². The van der Waals surface area contributed by atoms with Crippen LogP contribution in [0.25, 0.3) is 5.69 Å². The molecule has 0 spiro atoms. The molecule has 4 heteroatoms. The minimum atomic E-state index is 0.776. The van der Waals surface area contributed by atoms with Gasteiger partial charge in [0, 0.05) is 0 Å². The van der Waals surface area contributed by atoms with E-state index in [9.17, 15) is 0 Å². The fourth-order valence-electron chi connectivity index (χ4n) is 1.75. The molecule has 0 bridgehead atoms. The SMILES string of the molecule is NCCCCc1ccc(-n2nccc2Br)cc1. The second-order valence-electron chi connectivity index (χ2n) is 3.98. The van der Waals surface area contributed by atoms with E-state index in [1.165, 1.54) is 5.56 Å². The summed E-state index contributed by atoms with van der Waals surface area (Å²) in [6, 6.07) is 10.4. The summed E-state index contributed by atoms with van der Waals surface area (Å²) >= 11 is 3.46. The molecule has 3 nitrogen and oxygen atoms in total. The molecule has 0 amide bonds. The fourth-order valence-corrected chi connectivity index (χ4v) is 2.17. The molecule has 1 aromatic heterocycles. The zero-order valence-corrected chi connectivity index (χ0v) is 11.2. The lowest BCUT2D eigenvalue weighted by Gasteiger charge is -2.05. The third kappa shape index (κ3) is 3.17. The first kappa shape index (κ1) is 12.3. The van der Waals surface area contributed by atoms with Crippen molar-refractivity contribution in [3.8, 4) is 5.69 Å². The van der Waals surface area contributed by atoms with E-state index in [4.69, 9.17) is 5.73 Å². The number of rotatable bonds is 5. The second kappa shape index (κ2) is 5.98. The van der Waals surface area contributed by atoms with Gasteiger partial charge < -0.3 is 5.73 Å². The van der Waals surface area contributed by atoms with Crippen molar-refractivity contribution in [3.05, 3.63) is 46.7 Å². The van der Waals surface area contributed by atoms with Crippen molar-refractivity contribution in [2.75, 3.05) is 6.54 Å². The molecular weight excluding hydrogens is 278 g/mol. The van der Waals surface area contributed by atoms with Crippen LogP contribution in [0, 0.1) is 0 Å². The Kier molecular flexibility index (Phi) is 4.34. The van der Waals surface area contributed by atoms with Gasteiger partial charge in [-0.25, -0.2) is 4.68 Å². The zero-order valence-electron chi connectivity index (χ0n) is 9.64. The summed E-state index contributed by atoms with van der Waals surface area (Å²) in [5.74, 6) is 0. The Bertz CT molecular complexity index is 462. The fraction of sp³-hybridized carbons (Fsp3) is 0.308. The molecule has 0 radical (unpaired) electrons. The van der Waals surface area contributed by atoms with Gasteiger partial charge in [-0.1, -0.05) is 12.1 Å². The van der Waals surface area contributed by atoms with E-state index < -0.39 is 0 Å². The van der Waals surface area contributed by atoms with E-state index >= 15 is 0 Å². The number of hydrogen-bond acceptors (Lipinski definition) is 2. The van der Waals surface area contributed by atoms with Crippen molar-refractivity contribution >= 4 is 15.9 Å². The predicted octanol–water partition coefficient (Wildman–Crippen LogP) is 2.92. The van der Waals surface area contributed by atoms with Crippen molar-refractivity contribution in [3.63, 3.8) is 0 Å². The van der Waals surface area contributed by atoms with Crippen molar-refractivity contribution in [2.45, 2.75) is 19.3 Å². The molecular formula is C13H16BrN3. The molecule has 2 aromatic rings. The van der Waals surface area contributed by atoms with E-state index in [-0.39, 0.29) is 0 Å². The quantitative estimate of drug-likeness (QED) is 0.862. The van der Waals surface area contributed by atoms with E-state index in [0.717, 1.165) is 36.1 Å². The molecule has 90 valence electrons. The molecule has 0 saturated heterocycles. The molecule has 0 fully saturated rings. The smallest absolute Gasteiger partial charge is 0.109 e. The lowest BCUT2D eigenvalue weighted by Crippen LogP contribution is -1.99. The summed E-state index contributed by atoms with van der Waals surface area (Å²) in [7, 11) is 0. The van der Waals surface area contributed by atoms with Gasteiger partial charge in [0.2, 0.25) is 0 Å². The van der Waals surface area contributed by atoms with Crippen LogP contribution in [0.2, 0.25) is 0 Å². The largest absolute Gasteiger partial charge is 0.330 e. The highest BCUT2D eigenvalue weighted by atomic mass is 79.9. The highest BCUT2D eigenvalue weighted by molar-refractivity contribution is 9.10. The summed E-state index contributed by atoms with van der Waals surface area (Å²) in [5, 5.41) is 4.24. The predicted molar refractivity (Wildman–Crippen MR) is 73.3 cm³/mol. The Labute approximate surface area is 110 Å². The lowest BCUT2D eigenvalue weighted by atomic mass is 10.1. The Hall–Kier alpha value is -1.13. The van der Waals surface area contributed by atoms with Crippen molar-refractivity contribution in [2.24, 2.45) is 5.73 Å². The molecule has 1 aromatic carbocycles. The summed E-state index contributed by atoms with van der Waals surface area (Å²) < 4.78 is 2.83. The molecule has 0 aliphatic rings. The van der Waals surface area contributed by atoms with Gasteiger partial charge in [0.1, 0.15) is 4.60 Å². The Morgan fingerprint density at radius 2 is 1.88 bits per heavy atom. The number of nitrogens with two attached hydrogens (primary N) is 1. The Balaban J connectivity index is 2.06. The first-order chi connectivity index (χ1) is 8.31. The average molecular weight is 294 g/mol. The van der Waals surface area contributed by atoms with Crippen LogP contribution in [-0.4, -0.2) is 16.3 Å². The number of aryl methyl sites for hydroxylation is 1. The number of hydrogen-bond donors (Lipinski definition) is 1. The first-order valence-corrected chi connectivity index (χ1v) is 6.59. The molecule has 2 rings (SSSR count). The first-order valence-electron chi connectivity index (χ1n) is 5.80. The van der Waals surface area contributed by atoms with Crippen LogP contribution in [0.4, 0.5) is 0 Å². The van der Waals surface area contributed by atoms with E-state index in [1.807, 2.05) is 10.7 Å².